The van der Waals surface area contributed by atoms with Gasteiger partial charge in [0, 0.05) is 50.3 Å². The van der Waals surface area contributed by atoms with Crippen LogP contribution in [0, 0.1) is 0 Å². The molecular formula is C16H20BN7. The Kier molecular flexibility index (Phi) is 3.82. The molecule has 0 amide bonds. The van der Waals surface area contributed by atoms with Crippen LogP contribution in [-0.4, -0.2) is 46.6 Å². The van der Waals surface area contributed by atoms with Crippen molar-refractivity contribution in [3.05, 3.63) is 42.4 Å². The normalized spacial score (nSPS) is 17.5. The topological polar surface area (TPSA) is 84.4 Å². The molecule has 1 fully saturated rings. The Morgan fingerprint density at radius 1 is 1.38 bits per heavy atom. The van der Waals surface area contributed by atoms with Gasteiger partial charge in [0.25, 0.3) is 0 Å². The molecule has 8 heteroatoms. The zero-order valence-electron chi connectivity index (χ0n) is 13.7. The van der Waals surface area contributed by atoms with Crippen LogP contribution in [0.4, 0.5) is 11.6 Å². The van der Waals surface area contributed by atoms with Crippen LogP contribution in [0.15, 0.2) is 36.8 Å². The molecule has 3 aromatic rings. The average Bonchev–Trinajstić information content (AvgIpc) is 3.20. The molecule has 4 rings (SSSR count). The summed E-state index contributed by atoms with van der Waals surface area (Å²) in [4.78, 5) is 11.2. The number of hydrogen-bond acceptors (Lipinski definition) is 6. The quantitative estimate of drug-likeness (QED) is 0.632. The van der Waals surface area contributed by atoms with Crippen molar-refractivity contribution in [3.8, 4) is 0 Å². The highest BCUT2D eigenvalue weighted by Crippen LogP contribution is 2.22. The minimum atomic E-state index is 0.223. The van der Waals surface area contributed by atoms with Crippen LogP contribution in [-0.2, 0) is 6.54 Å². The van der Waals surface area contributed by atoms with Crippen molar-refractivity contribution in [3.63, 3.8) is 0 Å². The second-order valence-corrected chi connectivity index (χ2v) is 6.27. The van der Waals surface area contributed by atoms with Crippen LogP contribution in [0.2, 0.25) is 0 Å². The van der Waals surface area contributed by atoms with Gasteiger partial charge in [0.15, 0.2) is 5.65 Å². The summed E-state index contributed by atoms with van der Waals surface area (Å²) in [6.07, 6.45) is 6.49. The van der Waals surface area contributed by atoms with E-state index >= 15 is 0 Å². The molecule has 122 valence electrons. The number of hydrogen-bond donors (Lipinski definition) is 2. The van der Waals surface area contributed by atoms with Crippen molar-refractivity contribution in [1.82, 2.24) is 19.6 Å². The monoisotopic (exact) mass is 321 g/mol. The molecule has 0 radical (unpaired) electrons. The predicted octanol–water partition coefficient (Wildman–Crippen LogP) is -0.468. The van der Waals surface area contributed by atoms with Gasteiger partial charge in [0.2, 0.25) is 0 Å². The van der Waals surface area contributed by atoms with E-state index in [4.69, 9.17) is 10.7 Å². The molecule has 0 aliphatic carbocycles. The standard InChI is InChI=1S/C16H20BN7/c17-13-9-21-24-14(20-8-11-2-1-4-19-7-11)6-15(22-16(13)24)23-5-3-12(18)10-23/h1-2,4,6-7,9,12,20H,3,5,8,10,17-18H2/t12-/m0/s1. The van der Waals surface area contributed by atoms with Crippen molar-refractivity contribution in [1.29, 1.82) is 0 Å². The molecule has 0 saturated carbocycles. The van der Waals surface area contributed by atoms with Gasteiger partial charge in [-0.3, -0.25) is 4.98 Å². The number of anilines is 2. The smallest absolute Gasteiger partial charge is 0.153 e. The van der Waals surface area contributed by atoms with Crippen LogP contribution in [0.25, 0.3) is 5.65 Å². The zero-order chi connectivity index (χ0) is 16.5. The van der Waals surface area contributed by atoms with E-state index in [1.807, 2.05) is 43.0 Å². The van der Waals surface area contributed by atoms with Gasteiger partial charge in [-0.2, -0.15) is 9.61 Å². The lowest BCUT2D eigenvalue weighted by molar-refractivity contribution is 0.751. The highest BCUT2D eigenvalue weighted by atomic mass is 15.3. The molecule has 0 aromatic carbocycles. The van der Waals surface area contributed by atoms with E-state index in [1.165, 1.54) is 0 Å². The highest BCUT2D eigenvalue weighted by Gasteiger charge is 2.22. The number of rotatable bonds is 4. The van der Waals surface area contributed by atoms with E-state index in [0.717, 1.165) is 47.8 Å². The summed E-state index contributed by atoms with van der Waals surface area (Å²) in [6.45, 7) is 2.47. The van der Waals surface area contributed by atoms with Gasteiger partial charge in [-0.25, -0.2) is 4.98 Å². The molecule has 4 heterocycles. The number of fused-ring (bicyclic) bond motifs is 1. The van der Waals surface area contributed by atoms with E-state index in [-0.39, 0.29) is 6.04 Å². The third kappa shape index (κ3) is 2.80. The maximum absolute atomic E-state index is 6.05. The molecule has 1 aliphatic rings. The largest absolute Gasteiger partial charge is 0.366 e. The Morgan fingerprint density at radius 2 is 2.29 bits per heavy atom. The van der Waals surface area contributed by atoms with Crippen LogP contribution in [0.1, 0.15) is 12.0 Å². The summed E-state index contributed by atoms with van der Waals surface area (Å²) in [5.74, 6) is 1.88. The van der Waals surface area contributed by atoms with E-state index in [2.05, 4.69) is 20.3 Å². The Morgan fingerprint density at radius 3 is 3.04 bits per heavy atom. The summed E-state index contributed by atoms with van der Waals surface area (Å²) in [5.41, 5.74) is 9.11. The van der Waals surface area contributed by atoms with Crippen molar-refractivity contribution < 1.29 is 0 Å². The first-order valence-electron chi connectivity index (χ1n) is 8.19. The molecule has 24 heavy (non-hydrogen) atoms. The molecule has 0 bridgehead atoms. The van der Waals surface area contributed by atoms with Crippen LogP contribution in [0.5, 0.6) is 0 Å². The van der Waals surface area contributed by atoms with Gasteiger partial charge >= 0.3 is 0 Å². The number of nitrogens with zero attached hydrogens (tertiary/aromatic N) is 5. The van der Waals surface area contributed by atoms with Gasteiger partial charge in [0.1, 0.15) is 19.5 Å². The highest BCUT2D eigenvalue weighted by molar-refractivity contribution is 6.36. The van der Waals surface area contributed by atoms with Gasteiger partial charge in [-0.1, -0.05) is 6.07 Å². The third-order valence-electron chi connectivity index (χ3n) is 4.38. The van der Waals surface area contributed by atoms with Crippen molar-refractivity contribution in [2.24, 2.45) is 5.73 Å². The first kappa shape index (κ1) is 15.0. The summed E-state index contributed by atoms with van der Waals surface area (Å²) >= 11 is 0. The molecule has 3 N–H and O–H groups in total. The number of nitrogens with two attached hydrogens (primary N) is 1. The fourth-order valence-corrected chi connectivity index (χ4v) is 3.04. The molecule has 7 nitrogen and oxygen atoms in total. The second kappa shape index (κ2) is 6.12. The lowest BCUT2D eigenvalue weighted by Gasteiger charge is -2.19. The van der Waals surface area contributed by atoms with Crippen molar-refractivity contribution >= 4 is 30.6 Å². The molecule has 1 saturated heterocycles. The minimum Gasteiger partial charge on any atom is -0.366 e. The summed E-state index contributed by atoms with van der Waals surface area (Å²) in [7, 11) is 2.03. The maximum atomic E-state index is 6.05. The lowest BCUT2D eigenvalue weighted by Crippen LogP contribution is -2.27. The van der Waals surface area contributed by atoms with Gasteiger partial charge in [0.05, 0.1) is 0 Å². The summed E-state index contributed by atoms with van der Waals surface area (Å²) < 4.78 is 1.85. The first-order chi connectivity index (χ1) is 11.7. The van der Waals surface area contributed by atoms with Crippen molar-refractivity contribution in [2.75, 3.05) is 23.3 Å². The van der Waals surface area contributed by atoms with E-state index in [9.17, 15) is 0 Å². The van der Waals surface area contributed by atoms with Crippen LogP contribution in [0.3, 0.4) is 0 Å². The molecule has 0 spiro atoms. The number of pyridine rings is 1. The molecular weight excluding hydrogens is 301 g/mol. The van der Waals surface area contributed by atoms with Crippen LogP contribution < -0.4 is 21.4 Å². The molecule has 1 aliphatic heterocycles. The Balaban J connectivity index is 1.67. The van der Waals surface area contributed by atoms with E-state index in [0.29, 0.717) is 6.54 Å². The summed E-state index contributed by atoms with van der Waals surface area (Å²) in [5, 5.41) is 7.90. The predicted molar refractivity (Wildman–Crippen MR) is 97.5 cm³/mol. The molecule has 1 atom stereocenters. The van der Waals surface area contributed by atoms with Gasteiger partial charge < -0.3 is 16.0 Å². The third-order valence-corrected chi connectivity index (χ3v) is 4.38. The summed E-state index contributed by atoms with van der Waals surface area (Å²) in [6, 6.07) is 6.26. The maximum Gasteiger partial charge on any atom is 0.153 e. The fourth-order valence-electron chi connectivity index (χ4n) is 3.04. The minimum absolute atomic E-state index is 0.223. The first-order valence-corrected chi connectivity index (χ1v) is 8.19. The molecule has 0 unspecified atom stereocenters. The zero-order valence-corrected chi connectivity index (χ0v) is 13.7. The average molecular weight is 321 g/mol. The number of aromatic nitrogens is 4. The number of nitrogens with one attached hydrogen (secondary N) is 1. The molecule has 3 aromatic heterocycles. The fraction of sp³-hybridized carbons (Fsp3) is 0.312. The SMILES string of the molecule is Bc1cnn2c(NCc3cccnc3)cc(N3CC[C@H](N)C3)nc12. The van der Waals surface area contributed by atoms with E-state index < -0.39 is 0 Å². The van der Waals surface area contributed by atoms with Gasteiger partial charge in [-0.15, -0.1) is 0 Å². The van der Waals surface area contributed by atoms with E-state index in [1.54, 1.807) is 6.20 Å². The Hall–Kier alpha value is -2.61. The van der Waals surface area contributed by atoms with Crippen molar-refractivity contribution in [2.45, 2.75) is 19.0 Å². The second-order valence-electron chi connectivity index (χ2n) is 6.27. The van der Waals surface area contributed by atoms with Crippen LogP contribution >= 0.6 is 0 Å². The van der Waals surface area contributed by atoms with Gasteiger partial charge in [-0.05, 0) is 23.5 Å². The lowest BCUT2D eigenvalue weighted by atomic mass is 10.0. The Labute approximate surface area is 141 Å². The Bertz CT molecular complexity index is 848.